The summed E-state index contributed by atoms with van der Waals surface area (Å²) in [4.78, 5) is 22.2. The topological polar surface area (TPSA) is 43.4 Å². The lowest BCUT2D eigenvalue weighted by Crippen LogP contribution is -2.01. The quantitative estimate of drug-likeness (QED) is 0.446. The maximum atomic E-state index is 13.0. The molecule has 0 heterocycles. The molecule has 0 atom stereocenters. The van der Waals surface area contributed by atoms with Gasteiger partial charge in [0.2, 0.25) is 0 Å². The molecular weight excluding hydrogens is 223 g/mol. The summed E-state index contributed by atoms with van der Waals surface area (Å²) in [5, 5.41) is 0. The fourth-order valence-corrected chi connectivity index (χ4v) is 1.21. The SMILES string of the molecule is CCOC(=O)C#Cc1cc(F)ccc1C(C)=O. The summed E-state index contributed by atoms with van der Waals surface area (Å²) in [5.74, 6) is 3.18. The summed E-state index contributed by atoms with van der Waals surface area (Å²) in [6.45, 7) is 3.22. The van der Waals surface area contributed by atoms with Crippen LogP contribution in [0.15, 0.2) is 18.2 Å². The Kier molecular flexibility index (Phi) is 4.41. The number of Topliss-reactive ketones (excluding diaryl/α,β-unsaturated/α-hetero) is 1. The third kappa shape index (κ3) is 3.72. The van der Waals surface area contributed by atoms with Crippen LogP contribution >= 0.6 is 0 Å². The highest BCUT2D eigenvalue weighted by atomic mass is 19.1. The molecule has 1 aromatic rings. The first-order chi connectivity index (χ1) is 8.04. The monoisotopic (exact) mass is 234 g/mol. The molecule has 0 aromatic heterocycles. The molecule has 0 saturated heterocycles. The van der Waals surface area contributed by atoms with Gasteiger partial charge < -0.3 is 4.74 Å². The number of halogens is 1. The molecule has 0 unspecified atom stereocenters. The summed E-state index contributed by atoms with van der Waals surface area (Å²) in [6.07, 6.45) is 0. The van der Waals surface area contributed by atoms with E-state index in [-0.39, 0.29) is 23.5 Å². The van der Waals surface area contributed by atoms with Gasteiger partial charge in [-0.2, -0.15) is 0 Å². The van der Waals surface area contributed by atoms with Crippen molar-refractivity contribution < 1.29 is 18.7 Å². The summed E-state index contributed by atoms with van der Waals surface area (Å²) in [5.41, 5.74) is 0.466. The predicted molar refractivity (Wildman–Crippen MR) is 59.9 cm³/mol. The third-order valence-corrected chi connectivity index (χ3v) is 1.94. The van der Waals surface area contributed by atoms with Crippen LogP contribution in [-0.4, -0.2) is 18.4 Å². The number of benzene rings is 1. The normalized spacial score (nSPS) is 9.12. The molecule has 17 heavy (non-hydrogen) atoms. The molecule has 0 fully saturated rings. The van der Waals surface area contributed by atoms with E-state index in [1.807, 2.05) is 0 Å². The smallest absolute Gasteiger partial charge is 0.384 e. The van der Waals surface area contributed by atoms with Crippen LogP contribution in [0.2, 0.25) is 0 Å². The fraction of sp³-hybridized carbons (Fsp3) is 0.231. The third-order valence-electron chi connectivity index (χ3n) is 1.94. The average molecular weight is 234 g/mol. The molecule has 0 radical (unpaired) electrons. The van der Waals surface area contributed by atoms with Gasteiger partial charge in [0.25, 0.3) is 0 Å². The summed E-state index contributed by atoms with van der Waals surface area (Å²) in [7, 11) is 0. The van der Waals surface area contributed by atoms with Gasteiger partial charge in [0, 0.05) is 17.0 Å². The lowest BCUT2D eigenvalue weighted by molar-refractivity contribution is -0.136. The van der Waals surface area contributed by atoms with Crippen molar-refractivity contribution in [3.63, 3.8) is 0 Å². The maximum Gasteiger partial charge on any atom is 0.384 e. The molecule has 0 aliphatic carbocycles. The van der Waals surface area contributed by atoms with Crippen molar-refractivity contribution in [3.05, 3.63) is 35.1 Å². The molecule has 0 aliphatic rings. The van der Waals surface area contributed by atoms with Crippen LogP contribution in [0, 0.1) is 17.7 Å². The van der Waals surface area contributed by atoms with Crippen LogP contribution in [0.25, 0.3) is 0 Å². The second kappa shape index (κ2) is 5.80. The molecule has 1 aromatic carbocycles. The Morgan fingerprint density at radius 2 is 2.12 bits per heavy atom. The summed E-state index contributed by atoms with van der Waals surface area (Å²) >= 11 is 0. The van der Waals surface area contributed by atoms with Gasteiger partial charge in [-0.3, -0.25) is 4.79 Å². The highest BCUT2D eigenvalue weighted by Gasteiger charge is 2.06. The van der Waals surface area contributed by atoms with Gasteiger partial charge in [0.1, 0.15) is 5.82 Å². The van der Waals surface area contributed by atoms with Crippen molar-refractivity contribution >= 4 is 11.8 Å². The molecule has 88 valence electrons. The molecule has 1 rings (SSSR count). The Morgan fingerprint density at radius 1 is 1.41 bits per heavy atom. The van der Waals surface area contributed by atoms with E-state index in [0.29, 0.717) is 0 Å². The first-order valence-electron chi connectivity index (χ1n) is 5.04. The zero-order valence-corrected chi connectivity index (χ0v) is 9.54. The van der Waals surface area contributed by atoms with Gasteiger partial charge in [-0.05, 0) is 32.0 Å². The van der Waals surface area contributed by atoms with Crippen molar-refractivity contribution in [1.29, 1.82) is 0 Å². The van der Waals surface area contributed by atoms with Crippen LogP contribution in [0.1, 0.15) is 29.8 Å². The molecule has 0 amide bonds. The van der Waals surface area contributed by atoms with Crippen molar-refractivity contribution in [2.75, 3.05) is 6.61 Å². The largest absolute Gasteiger partial charge is 0.456 e. The molecule has 3 nitrogen and oxygen atoms in total. The minimum Gasteiger partial charge on any atom is -0.456 e. The highest BCUT2D eigenvalue weighted by molar-refractivity contribution is 5.97. The van der Waals surface area contributed by atoms with Gasteiger partial charge in [-0.1, -0.05) is 5.92 Å². The number of rotatable bonds is 2. The zero-order chi connectivity index (χ0) is 12.8. The number of hydrogen-bond acceptors (Lipinski definition) is 3. The molecule has 0 spiro atoms. The Bertz CT molecular complexity index is 509. The first kappa shape index (κ1) is 12.9. The number of ketones is 1. The van der Waals surface area contributed by atoms with Gasteiger partial charge in [-0.25, -0.2) is 9.18 Å². The maximum absolute atomic E-state index is 13.0. The average Bonchev–Trinajstić information content (AvgIpc) is 2.26. The van der Waals surface area contributed by atoms with E-state index in [4.69, 9.17) is 0 Å². The van der Waals surface area contributed by atoms with E-state index >= 15 is 0 Å². The van der Waals surface area contributed by atoms with Crippen molar-refractivity contribution in [3.8, 4) is 11.8 Å². The van der Waals surface area contributed by atoms with Crippen LogP contribution in [0.4, 0.5) is 4.39 Å². The van der Waals surface area contributed by atoms with Gasteiger partial charge in [0.15, 0.2) is 5.78 Å². The standard InChI is InChI=1S/C13H11FO3/c1-3-17-13(16)7-4-10-8-11(14)5-6-12(10)9(2)15/h5-6,8H,3H2,1-2H3. The molecule has 4 heteroatoms. The fourth-order valence-electron chi connectivity index (χ4n) is 1.21. The van der Waals surface area contributed by atoms with E-state index < -0.39 is 11.8 Å². The number of carbonyl (C=O) groups is 2. The van der Waals surface area contributed by atoms with E-state index in [1.54, 1.807) is 6.92 Å². The van der Waals surface area contributed by atoms with Crippen molar-refractivity contribution in [2.24, 2.45) is 0 Å². The lowest BCUT2D eigenvalue weighted by Gasteiger charge is -1.99. The molecule has 0 N–H and O–H groups in total. The van der Waals surface area contributed by atoms with Crippen molar-refractivity contribution in [2.45, 2.75) is 13.8 Å². The molecular formula is C13H11FO3. The van der Waals surface area contributed by atoms with Crippen LogP contribution in [-0.2, 0) is 9.53 Å². The van der Waals surface area contributed by atoms with Crippen LogP contribution < -0.4 is 0 Å². The van der Waals surface area contributed by atoms with E-state index in [1.165, 1.54) is 19.1 Å². The minimum atomic E-state index is -0.703. The Labute approximate surface area is 98.6 Å². The van der Waals surface area contributed by atoms with E-state index in [9.17, 15) is 14.0 Å². The Balaban J connectivity index is 3.08. The summed E-state index contributed by atoms with van der Waals surface area (Å²) in [6, 6.07) is 3.63. The van der Waals surface area contributed by atoms with Gasteiger partial charge >= 0.3 is 5.97 Å². The molecule has 0 aliphatic heterocycles. The molecule has 0 saturated carbocycles. The second-order valence-electron chi connectivity index (χ2n) is 3.22. The number of ether oxygens (including phenoxy) is 1. The van der Waals surface area contributed by atoms with Crippen molar-refractivity contribution in [1.82, 2.24) is 0 Å². The van der Waals surface area contributed by atoms with Crippen LogP contribution in [0.3, 0.4) is 0 Å². The second-order valence-corrected chi connectivity index (χ2v) is 3.22. The molecule has 0 bridgehead atoms. The van der Waals surface area contributed by atoms with Gasteiger partial charge in [-0.15, -0.1) is 0 Å². The highest BCUT2D eigenvalue weighted by Crippen LogP contribution is 2.10. The first-order valence-corrected chi connectivity index (χ1v) is 5.04. The lowest BCUT2D eigenvalue weighted by atomic mass is 10.0. The minimum absolute atomic E-state index is 0.186. The van der Waals surface area contributed by atoms with Gasteiger partial charge in [0.05, 0.1) is 6.61 Å². The number of carbonyl (C=O) groups excluding carboxylic acids is 2. The number of esters is 1. The zero-order valence-electron chi connectivity index (χ0n) is 9.54. The Morgan fingerprint density at radius 3 is 2.71 bits per heavy atom. The number of hydrogen-bond donors (Lipinski definition) is 0. The van der Waals surface area contributed by atoms with Crippen LogP contribution in [0.5, 0.6) is 0 Å². The summed E-state index contributed by atoms with van der Waals surface area (Å²) < 4.78 is 17.6. The Hall–Kier alpha value is -2.15. The van der Waals surface area contributed by atoms with E-state index in [2.05, 4.69) is 16.6 Å². The van der Waals surface area contributed by atoms with E-state index in [0.717, 1.165) is 6.07 Å². The predicted octanol–water partition coefficient (Wildman–Crippen LogP) is 1.94.